The zero-order valence-corrected chi connectivity index (χ0v) is 13.0. The monoisotopic (exact) mass is 285 g/mol. The largest absolute Gasteiger partial charge is 0.497 e. The fourth-order valence-corrected chi connectivity index (χ4v) is 2.28. The van der Waals surface area contributed by atoms with Crippen molar-refractivity contribution in [2.75, 3.05) is 25.6 Å². The number of hydrogen-bond donors (Lipinski definition) is 1. The normalized spacial score (nSPS) is 10.4. The number of nitrogens with zero attached hydrogens (tertiary/aromatic N) is 2. The van der Waals surface area contributed by atoms with E-state index in [4.69, 9.17) is 4.74 Å². The molecule has 0 radical (unpaired) electrons. The van der Waals surface area contributed by atoms with E-state index in [1.807, 2.05) is 24.5 Å². The van der Waals surface area contributed by atoms with Crippen molar-refractivity contribution < 1.29 is 4.74 Å². The third-order valence-corrected chi connectivity index (χ3v) is 3.43. The number of pyridine rings is 1. The summed E-state index contributed by atoms with van der Waals surface area (Å²) in [5.74, 6) is 0.887. The molecule has 0 amide bonds. The van der Waals surface area contributed by atoms with Crippen molar-refractivity contribution in [2.24, 2.45) is 0 Å². The van der Waals surface area contributed by atoms with Gasteiger partial charge in [0, 0.05) is 43.8 Å². The van der Waals surface area contributed by atoms with Crippen LogP contribution in [0.4, 0.5) is 5.69 Å². The molecule has 2 aromatic rings. The first-order valence-corrected chi connectivity index (χ1v) is 7.22. The first kappa shape index (κ1) is 15.3. The van der Waals surface area contributed by atoms with Crippen molar-refractivity contribution in [1.82, 2.24) is 10.3 Å². The van der Waals surface area contributed by atoms with Gasteiger partial charge in [-0.15, -0.1) is 0 Å². The molecule has 4 nitrogen and oxygen atoms in total. The Bertz CT molecular complexity index is 554. The lowest BCUT2D eigenvalue weighted by Crippen LogP contribution is -2.20. The summed E-state index contributed by atoms with van der Waals surface area (Å²) in [6.07, 6.45) is 3.78. The van der Waals surface area contributed by atoms with Crippen LogP contribution in [0.3, 0.4) is 0 Å². The first-order chi connectivity index (χ1) is 10.2. The molecule has 1 heterocycles. The van der Waals surface area contributed by atoms with E-state index in [2.05, 4.69) is 47.4 Å². The molecule has 21 heavy (non-hydrogen) atoms. The van der Waals surface area contributed by atoms with E-state index >= 15 is 0 Å². The number of benzene rings is 1. The molecule has 0 aliphatic rings. The molecule has 0 bridgehead atoms. The highest BCUT2D eigenvalue weighted by molar-refractivity contribution is 5.52. The van der Waals surface area contributed by atoms with Gasteiger partial charge in [-0.25, -0.2) is 0 Å². The Morgan fingerprint density at radius 3 is 2.62 bits per heavy atom. The number of rotatable bonds is 7. The number of ether oxygens (including phenoxy) is 1. The highest BCUT2D eigenvalue weighted by Gasteiger charge is 2.08. The Morgan fingerprint density at radius 2 is 1.95 bits per heavy atom. The van der Waals surface area contributed by atoms with Crippen LogP contribution in [0.5, 0.6) is 5.75 Å². The second-order valence-electron chi connectivity index (χ2n) is 4.99. The predicted molar refractivity (Wildman–Crippen MR) is 86.7 cm³/mol. The quantitative estimate of drug-likeness (QED) is 0.849. The maximum Gasteiger partial charge on any atom is 0.118 e. The van der Waals surface area contributed by atoms with Crippen LogP contribution in [-0.2, 0) is 13.1 Å². The van der Waals surface area contributed by atoms with Crippen molar-refractivity contribution >= 4 is 5.69 Å². The number of anilines is 1. The van der Waals surface area contributed by atoms with E-state index in [1.165, 1.54) is 16.8 Å². The van der Waals surface area contributed by atoms with Gasteiger partial charge in [-0.1, -0.05) is 19.1 Å². The minimum absolute atomic E-state index is 0.840. The molecule has 112 valence electrons. The minimum atomic E-state index is 0.840. The third-order valence-electron chi connectivity index (χ3n) is 3.43. The maximum atomic E-state index is 5.19. The highest BCUT2D eigenvalue weighted by atomic mass is 16.5. The van der Waals surface area contributed by atoms with Gasteiger partial charge in [0.05, 0.1) is 7.11 Å². The Hall–Kier alpha value is -2.07. The lowest BCUT2D eigenvalue weighted by molar-refractivity contribution is 0.414. The SMILES string of the molecule is CCNCc1cnccc1N(C)Cc1ccc(OC)cc1. The zero-order chi connectivity index (χ0) is 15.1. The number of aromatic nitrogens is 1. The van der Waals surface area contributed by atoms with Gasteiger partial charge in [-0.3, -0.25) is 4.98 Å². The molecule has 0 aliphatic carbocycles. The summed E-state index contributed by atoms with van der Waals surface area (Å²) in [4.78, 5) is 6.47. The van der Waals surface area contributed by atoms with Gasteiger partial charge in [-0.2, -0.15) is 0 Å². The average Bonchev–Trinajstić information content (AvgIpc) is 2.54. The van der Waals surface area contributed by atoms with Gasteiger partial charge < -0.3 is 15.0 Å². The summed E-state index contributed by atoms with van der Waals surface area (Å²) in [6, 6.07) is 10.3. The van der Waals surface area contributed by atoms with Gasteiger partial charge in [0.2, 0.25) is 0 Å². The standard InChI is InChI=1S/C17H23N3O/c1-4-18-11-15-12-19-10-9-17(15)20(2)13-14-5-7-16(21-3)8-6-14/h5-10,12,18H,4,11,13H2,1-3H3. The van der Waals surface area contributed by atoms with E-state index in [1.54, 1.807) is 7.11 Å². The average molecular weight is 285 g/mol. The second-order valence-corrected chi connectivity index (χ2v) is 4.99. The van der Waals surface area contributed by atoms with Crippen molar-refractivity contribution in [1.29, 1.82) is 0 Å². The fraction of sp³-hybridized carbons (Fsp3) is 0.353. The maximum absolute atomic E-state index is 5.19. The summed E-state index contributed by atoms with van der Waals surface area (Å²) in [7, 11) is 3.79. The van der Waals surface area contributed by atoms with Crippen molar-refractivity contribution in [3.05, 3.63) is 53.9 Å². The molecule has 0 unspecified atom stereocenters. The predicted octanol–water partition coefficient (Wildman–Crippen LogP) is 2.84. The summed E-state index contributed by atoms with van der Waals surface area (Å²) in [5.41, 5.74) is 3.68. The summed E-state index contributed by atoms with van der Waals surface area (Å²) < 4.78 is 5.19. The molecule has 0 saturated carbocycles. The molecule has 0 saturated heterocycles. The molecule has 1 aromatic carbocycles. The fourth-order valence-electron chi connectivity index (χ4n) is 2.28. The van der Waals surface area contributed by atoms with Crippen LogP contribution in [0, 0.1) is 0 Å². The molecule has 1 aromatic heterocycles. The second kappa shape index (κ2) is 7.64. The molecule has 2 rings (SSSR count). The molecular formula is C17H23N3O. The van der Waals surface area contributed by atoms with Crippen LogP contribution in [0.15, 0.2) is 42.7 Å². The van der Waals surface area contributed by atoms with Crippen LogP contribution in [0.2, 0.25) is 0 Å². The van der Waals surface area contributed by atoms with Gasteiger partial charge in [0.15, 0.2) is 0 Å². The molecule has 0 spiro atoms. The number of methoxy groups -OCH3 is 1. The molecule has 0 atom stereocenters. The van der Waals surface area contributed by atoms with Crippen LogP contribution in [0.1, 0.15) is 18.1 Å². The van der Waals surface area contributed by atoms with Gasteiger partial charge in [0.25, 0.3) is 0 Å². The van der Waals surface area contributed by atoms with E-state index in [9.17, 15) is 0 Å². The van der Waals surface area contributed by atoms with E-state index in [0.717, 1.165) is 25.4 Å². The zero-order valence-electron chi connectivity index (χ0n) is 13.0. The molecule has 4 heteroatoms. The van der Waals surface area contributed by atoms with Crippen molar-refractivity contribution in [3.8, 4) is 5.75 Å². The number of hydrogen-bond acceptors (Lipinski definition) is 4. The summed E-state index contributed by atoms with van der Waals surface area (Å²) in [6.45, 7) is 4.76. The van der Waals surface area contributed by atoms with Gasteiger partial charge in [0.1, 0.15) is 5.75 Å². The van der Waals surface area contributed by atoms with E-state index < -0.39 is 0 Å². The Labute approximate surface area is 126 Å². The molecule has 0 aliphatic heterocycles. The Morgan fingerprint density at radius 1 is 1.19 bits per heavy atom. The summed E-state index contributed by atoms with van der Waals surface area (Å²) in [5, 5.41) is 3.36. The Balaban J connectivity index is 2.09. The number of nitrogens with one attached hydrogen (secondary N) is 1. The van der Waals surface area contributed by atoms with Crippen molar-refractivity contribution in [2.45, 2.75) is 20.0 Å². The first-order valence-electron chi connectivity index (χ1n) is 7.22. The van der Waals surface area contributed by atoms with E-state index in [-0.39, 0.29) is 0 Å². The van der Waals surface area contributed by atoms with Gasteiger partial charge in [-0.05, 0) is 30.3 Å². The smallest absolute Gasteiger partial charge is 0.118 e. The van der Waals surface area contributed by atoms with Crippen molar-refractivity contribution in [3.63, 3.8) is 0 Å². The highest BCUT2D eigenvalue weighted by Crippen LogP contribution is 2.21. The lowest BCUT2D eigenvalue weighted by Gasteiger charge is -2.22. The van der Waals surface area contributed by atoms with Crippen LogP contribution < -0.4 is 15.0 Å². The van der Waals surface area contributed by atoms with Crippen LogP contribution >= 0.6 is 0 Å². The molecule has 1 N–H and O–H groups in total. The van der Waals surface area contributed by atoms with Crippen LogP contribution in [-0.4, -0.2) is 25.7 Å². The summed E-state index contributed by atoms with van der Waals surface area (Å²) >= 11 is 0. The van der Waals surface area contributed by atoms with Gasteiger partial charge >= 0.3 is 0 Å². The topological polar surface area (TPSA) is 37.4 Å². The molecular weight excluding hydrogens is 262 g/mol. The third kappa shape index (κ3) is 4.20. The molecule has 0 fully saturated rings. The van der Waals surface area contributed by atoms with Crippen LogP contribution in [0.25, 0.3) is 0 Å². The minimum Gasteiger partial charge on any atom is -0.497 e. The Kier molecular flexibility index (Phi) is 5.58. The lowest BCUT2D eigenvalue weighted by atomic mass is 10.1. The van der Waals surface area contributed by atoms with E-state index in [0.29, 0.717) is 0 Å².